The molecule has 1 saturated heterocycles. The summed E-state index contributed by atoms with van der Waals surface area (Å²) in [5, 5.41) is 0. The number of unbranched alkanes of at least 4 members (excludes halogenated alkanes) is 3. The Hall–Kier alpha value is -0.830. The van der Waals surface area contributed by atoms with Gasteiger partial charge in [0.05, 0.1) is 18.6 Å². The van der Waals surface area contributed by atoms with Crippen molar-refractivity contribution >= 4 is 5.97 Å². The molecule has 0 amide bonds. The maximum absolute atomic E-state index is 11.2. The average Bonchev–Trinajstić information content (AvgIpc) is 2.26. The molecule has 0 saturated carbocycles. The smallest absolute Gasteiger partial charge is 0.330 e. The lowest BCUT2D eigenvalue weighted by molar-refractivity contribution is -0.191. The average molecular weight is 240 g/mol. The Labute approximate surface area is 104 Å². The van der Waals surface area contributed by atoms with Crippen LogP contribution in [0.4, 0.5) is 0 Å². The first-order chi connectivity index (χ1) is 8.14. The van der Waals surface area contributed by atoms with Gasteiger partial charge in [0, 0.05) is 6.08 Å². The van der Waals surface area contributed by atoms with E-state index < -0.39 is 0 Å². The van der Waals surface area contributed by atoms with Gasteiger partial charge in [-0.15, -0.1) is 0 Å². The highest BCUT2D eigenvalue weighted by Gasteiger charge is 2.44. The van der Waals surface area contributed by atoms with Crippen molar-refractivity contribution in [1.82, 2.24) is 0 Å². The number of carbonyl (C=O) groups excluding carboxylic acids is 1. The fourth-order valence-electron chi connectivity index (χ4n) is 2.20. The zero-order chi connectivity index (χ0) is 12.7. The minimum atomic E-state index is -0.336. The number of ether oxygens (including phenoxy) is 2. The lowest BCUT2D eigenvalue weighted by Gasteiger charge is -2.45. The van der Waals surface area contributed by atoms with Crippen LogP contribution in [0.5, 0.6) is 0 Å². The minimum absolute atomic E-state index is 0.0480. The van der Waals surface area contributed by atoms with Gasteiger partial charge >= 0.3 is 5.97 Å². The Kier molecular flexibility index (Phi) is 5.69. The van der Waals surface area contributed by atoms with Crippen LogP contribution in [-0.4, -0.2) is 25.3 Å². The fraction of sp³-hybridized carbons (Fsp3) is 0.786. The topological polar surface area (TPSA) is 35.5 Å². The Morgan fingerprint density at radius 3 is 2.65 bits per heavy atom. The van der Waals surface area contributed by atoms with Crippen molar-refractivity contribution in [2.45, 2.75) is 52.1 Å². The van der Waals surface area contributed by atoms with Crippen LogP contribution in [0, 0.1) is 5.41 Å². The zero-order valence-electron chi connectivity index (χ0n) is 11.0. The van der Waals surface area contributed by atoms with E-state index in [0.29, 0.717) is 13.2 Å². The lowest BCUT2D eigenvalue weighted by Crippen LogP contribution is -2.51. The SMILES string of the molecule is C=CC(=O)OC(C)C1(CCCCCC)COC1. The van der Waals surface area contributed by atoms with Crippen molar-refractivity contribution in [3.63, 3.8) is 0 Å². The highest BCUT2D eigenvalue weighted by Crippen LogP contribution is 2.38. The van der Waals surface area contributed by atoms with E-state index in [1.54, 1.807) is 0 Å². The van der Waals surface area contributed by atoms with Gasteiger partial charge in [-0.1, -0.05) is 39.2 Å². The molecule has 0 spiro atoms. The monoisotopic (exact) mass is 240 g/mol. The van der Waals surface area contributed by atoms with Crippen LogP contribution >= 0.6 is 0 Å². The van der Waals surface area contributed by atoms with E-state index in [-0.39, 0.29) is 17.5 Å². The van der Waals surface area contributed by atoms with Gasteiger partial charge in [-0.3, -0.25) is 0 Å². The number of rotatable bonds is 8. The molecule has 3 heteroatoms. The second kappa shape index (κ2) is 6.80. The van der Waals surface area contributed by atoms with Crippen molar-refractivity contribution in [2.75, 3.05) is 13.2 Å². The van der Waals surface area contributed by atoms with E-state index in [9.17, 15) is 4.79 Å². The van der Waals surface area contributed by atoms with Crippen molar-refractivity contribution < 1.29 is 14.3 Å². The molecule has 17 heavy (non-hydrogen) atoms. The molecule has 1 aliphatic rings. The van der Waals surface area contributed by atoms with E-state index in [2.05, 4.69) is 13.5 Å². The third kappa shape index (κ3) is 3.84. The van der Waals surface area contributed by atoms with Gasteiger partial charge in [0.15, 0.2) is 0 Å². The van der Waals surface area contributed by atoms with Crippen LogP contribution in [-0.2, 0) is 14.3 Å². The first-order valence-electron chi connectivity index (χ1n) is 6.55. The summed E-state index contributed by atoms with van der Waals surface area (Å²) in [7, 11) is 0. The molecule has 0 aromatic rings. The molecule has 1 atom stereocenters. The summed E-state index contributed by atoms with van der Waals surface area (Å²) >= 11 is 0. The van der Waals surface area contributed by atoms with Crippen LogP contribution in [0.3, 0.4) is 0 Å². The molecular formula is C14H24O3. The van der Waals surface area contributed by atoms with E-state index in [1.165, 1.54) is 31.8 Å². The molecule has 3 nitrogen and oxygen atoms in total. The van der Waals surface area contributed by atoms with Crippen molar-refractivity contribution in [1.29, 1.82) is 0 Å². The van der Waals surface area contributed by atoms with E-state index in [1.807, 2.05) is 6.92 Å². The van der Waals surface area contributed by atoms with E-state index >= 15 is 0 Å². The van der Waals surface area contributed by atoms with Crippen LogP contribution in [0.25, 0.3) is 0 Å². The second-order valence-electron chi connectivity index (χ2n) is 4.95. The summed E-state index contributed by atoms with van der Waals surface area (Å²) in [4.78, 5) is 11.2. The summed E-state index contributed by atoms with van der Waals surface area (Å²) < 4.78 is 10.6. The van der Waals surface area contributed by atoms with Gasteiger partial charge in [0.2, 0.25) is 0 Å². The molecule has 0 N–H and O–H groups in total. The summed E-state index contributed by atoms with van der Waals surface area (Å²) in [5.74, 6) is -0.336. The van der Waals surface area contributed by atoms with Gasteiger partial charge in [-0.2, -0.15) is 0 Å². The van der Waals surface area contributed by atoms with E-state index in [4.69, 9.17) is 9.47 Å². The van der Waals surface area contributed by atoms with Crippen molar-refractivity contribution in [3.05, 3.63) is 12.7 Å². The molecule has 1 heterocycles. The van der Waals surface area contributed by atoms with Crippen molar-refractivity contribution in [2.24, 2.45) is 5.41 Å². The predicted octanol–water partition coefficient (Wildman–Crippen LogP) is 3.09. The maximum atomic E-state index is 11.2. The van der Waals surface area contributed by atoms with E-state index in [0.717, 1.165) is 6.42 Å². The lowest BCUT2D eigenvalue weighted by atomic mass is 9.76. The molecule has 1 aliphatic heterocycles. The number of hydrogen-bond acceptors (Lipinski definition) is 3. The molecule has 0 aromatic heterocycles. The van der Waals surface area contributed by atoms with Gasteiger partial charge in [-0.25, -0.2) is 4.79 Å². The minimum Gasteiger partial charge on any atom is -0.459 e. The van der Waals surface area contributed by atoms with Gasteiger partial charge in [0.1, 0.15) is 6.10 Å². The summed E-state index contributed by atoms with van der Waals surface area (Å²) in [6.45, 7) is 9.01. The predicted molar refractivity (Wildman–Crippen MR) is 67.8 cm³/mol. The van der Waals surface area contributed by atoms with Crippen LogP contribution in [0.15, 0.2) is 12.7 Å². The summed E-state index contributed by atoms with van der Waals surface area (Å²) in [6.07, 6.45) is 7.18. The molecular weight excluding hydrogens is 216 g/mol. The number of hydrogen-bond donors (Lipinski definition) is 0. The number of carbonyl (C=O) groups is 1. The largest absolute Gasteiger partial charge is 0.459 e. The molecule has 0 aliphatic carbocycles. The number of esters is 1. The molecule has 1 rings (SSSR count). The Bertz CT molecular complexity index is 256. The van der Waals surface area contributed by atoms with Crippen LogP contribution < -0.4 is 0 Å². The quantitative estimate of drug-likeness (QED) is 0.371. The van der Waals surface area contributed by atoms with Gasteiger partial charge in [-0.05, 0) is 13.3 Å². The third-order valence-corrected chi connectivity index (χ3v) is 3.63. The van der Waals surface area contributed by atoms with Crippen molar-refractivity contribution in [3.8, 4) is 0 Å². The molecule has 0 aromatic carbocycles. The van der Waals surface area contributed by atoms with Gasteiger partial charge in [0.25, 0.3) is 0 Å². The Balaban J connectivity index is 2.38. The highest BCUT2D eigenvalue weighted by molar-refractivity contribution is 5.81. The maximum Gasteiger partial charge on any atom is 0.330 e. The molecule has 0 bridgehead atoms. The third-order valence-electron chi connectivity index (χ3n) is 3.63. The Morgan fingerprint density at radius 2 is 2.18 bits per heavy atom. The first-order valence-corrected chi connectivity index (χ1v) is 6.55. The fourth-order valence-corrected chi connectivity index (χ4v) is 2.20. The molecule has 0 radical (unpaired) electrons. The summed E-state index contributed by atoms with van der Waals surface area (Å²) in [5.41, 5.74) is 0.0480. The summed E-state index contributed by atoms with van der Waals surface area (Å²) in [6, 6.07) is 0. The normalized spacial score (nSPS) is 19.2. The van der Waals surface area contributed by atoms with Crippen LogP contribution in [0.1, 0.15) is 46.0 Å². The van der Waals surface area contributed by atoms with Crippen LogP contribution in [0.2, 0.25) is 0 Å². The Morgan fingerprint density at radius 1 is 1.47 bits per heavy atom. The standard InChI is InChI=1S/C14H24O3/c1-4-6-7-8-9-14(10-16-11-14)12(3)17-13(15)5-2/h5,12H,2,4,6-11H2,1,3H3. The van der Waals surface area contributed by atoms with Gasteiger partial charge < -0.3 is 9.47 Å². The highest BCUT2D eigenvalue weighted by atomic mass is 16.6. The molecule has 1 unspecified atom stereocenters. The molecule has 1 fully saturated rings. The first kappa shape index (κ1) is 14.2. The molecule has 98 valence electrons. The second-order valence-corrected chi connectivity index (χ2v) is 4.95. The zero-order valence-corrected chi connectivity index (χ0v) is 11.0.